The molecule has 11 heteroatoms. The van der Waals surface area contributed by atoms with Gasteiger partial charge in [0.05, 0.1) is 34.0 Å². The van der Waals surface area contributed by atoms with Gasteiger partial charge in [0.15, 0.2) is 0 Å². The van der Waals surface area contributed by atoms with Crippen LogP contribution in [0.3, 0.4) is 0 Å². The first kappa shape index (κ1) is 26.3. The van der Waals surface area contributed by atoms with E-state index in [0.29, 0.717) is 10.6 Å². The summed E-state index contributed by atoms with van der Waals surface area (Å²) in [5.74, 6) is -1.30. The van der Waals surface area contributed by atoms with Gasteiger partial charge >= 0.3 is 6.18 Å². The van der Waals surface area contributed by atoms with E-state index in [1.165, 1.54) is 19.1 Å². The lowest BCUT2D eigenvalue weighted by Gasteiger charge is -2.26. The summed E-state index contributed by atoms with van der Waals surface area (Å²) in [5, 5.41) is 0.581. The van der Waals surface area contributed by atoms with Crippen molar-refractivity contribution in [1.82, 2.24) is 4.90 Å². The molecule has 2 rings (SSSR count). The Morgan fingerprint density at radius 3 is 2.31 bits per heavy atom. The van der Waals surface area contributed by atoms with Gasteiger partial charge in [-0.05, 0) is 42.3 Å². The summed E-state index contributed by atoms with van der Waals surface area (Å²) >= 11 is 12.0. The third-order valence-electron chi connectivity index (χ3n) is 4.85. The van der Waals surface area contributed by atoms with E-state index in [1.54, 1.807) is 18.2 Å². The summed E-state index contributed by atoms with van der Waals surface area (Å²) in [6, 6.07) is 7.47. The van der Waals surface area contributed by atoms with Gasteiger partial charge in [-0.1, -0.05) is 29.3 Å². The van der Waals surface area contributed by atoms with Crippen molar-refractivity contribution in [3.63, 3.8) is 0 Å². The normalized spacial score (nSPS) is 13.0. The molecule has 0 saturated heterocycles. The number of carbonyl (C=O) groups is 1. The molecule has 176 valence electrons. The molecule has 0 heterocycles. The van der Waals surface area contributed by atoms with E-state index in [-0.39, 0.29) is 35.1 Å². The number of nitrogens with zero attached hydrogens (tertiary/aromatic N) is 1. The number of methoxy groups -OCH3 is 1. The van der Waals surface area contributed by atoms with Crippen molar-refractivity contribution >= 4 is 38.9 Å². The first-order chi connectivity index (χ1) is 14.7. The fraction of sp³-hybridized carbons (Fsp3) is 0.381. The fourth-order valence-electron chi connectivity index (χ4n) is 3.16. The van der Waals surface area contributed by atoms with Gasteiger partial charge in [-0.15, -0.1) is 0 Å². The van der Waals surface area contributed by atoms with Crippen LogP contribution in [0.1, 0.15) is 33.8 Å². The number of benzene rings is 2. The summed E-state index contributed by atoms with van der Waals surface area (Å²) in [4.78, 5) is 14.2. The fourth-order valence-corrected chi connectivity index (χ4v) is 4.18. The molecule has 0 aromatic heterocycles. The van der Waals surface area contributed by atoms with Crippen LogP contribution in [0.4, 0.5) is 13.2 Å². The SMILES string of the molecule is COc1ccc(C(F)(F)F)cc1C(=O)N(C)CC(CCS(C)(=O)=O)c1ccc(Cl)c(Cl)c1. The molecule has 0 fully saturated rings. The standard InChI is InChI=1S/C21H22Cl2F3NO4S/c1-27(20(28)16-11-15(21(24,25)26)5-7-19(16)31-2)12-14(8-9-32(3,29)30)13-4-6-17(22)18(23)10-13/h4-7,10-11,14H,8-9,12H2,1-3H3. The largest absolute Gasteiger partial charge is 0.496 e. The Morgan fingerprint density at radius 1 is 1.12 bits per heavy atom. The molecular formula is C21H22Cl2F3NO4S. The van der Waals surface area contributed by atoms with E-state index in [4.69, 9.17) is 27.9 Å². The number of carbonyl (C=O) groups excluding carboxylic acids is 1. The molecule has 0 bridgehead atoms. The second-order valence-corrected chi connectivity index (χ2v) is 10.5. The van der Waals surface area contributed by atoms with Gasteiger partial charge in [-0.3, -0.25) is 4.79 Å². The van der Waals surface area contributed by atoms with Crippen molar-refractivity contribution in [1.29, 1.82) is 0 Å². The number of hydrogen-bond donors (Lipinski definition) is 0. The minimum absolute atomic E-state index is 0.00271. The van der Waals surface area contributed by atoms with Crippen molar-refractivity contribution in [3.8, 4) is 5.75 Å². The van der Waals surface area contributed by atoms with E-state index in [0.717, 1.165) is 24.5 Å². The predicted molar refractivity (Wildman–Crippen MR) is 118 cm³/mol. The summed E-state index contributed by atoms with van der Waals surface area (Å²) in [7, 11) is -0.616. The van der Waals surface area contributed by atoms with Gasteiger partial charge in [0.1, 0.15) is 15.6 Å². The average molecular weight is 512 g/mol. The van der Waals surface area contributed by atoms with Gasteiger partial charge in [0.25, 0.3) is 5.91 Å². The second-order valence-electron chi connectivity index (χ2n) is 7.39. The highest BCUT2D eigenvalue weighted by molar-refractivity contribution is 7.90. The Bertz CT molecular complexity index is 1090. The molecular weight excluding hydrogens is 490 g/mol. The molecule has 0 spiro atoms. The molecule has 32 heavy (non-hydrogen) atoms. The molecule has 0 N–H and O–H groups in total. The summed E-state index contributed by atoms with van der Waals surface area (Å²) in [6.45, 7) is 0.0334. The molecule has 1 unspecified atom stereocenters. The Balaban J connectivity index is 2.36. The Morgan fingerprint density at radius 2 is 1.78 bits per heavy atom. The van der Waals surface area contributed by atoms with Crippen LogP contribution in [0, 0.1) is 0 Å². The monoisotopic (exact) mass is 511 g/mol. The lowest BCUT2D eigenvalue weighted by molar-refractivity contribution is -0.137. The Kier molecular flexibility index (Phi) is 8.47. The first-order valence-corrected chi connectivity index (χ1v) is 12.2. The minimum Gasteiger partial charge on any atom is -0.496 e. The van der Waals surface area contributed by atoms with Crippen molar-refractivity contribution in [2.75, 3.05) is 32.7 Å². The smallest absolute Gasteiger partial charge is 0.416 e. The van der Waals surface area contributed by atoms with Crippen LogP contribution >= 0.6 is 23.2 Å². The van der Waals surface area contributed by atoms with Crippen LogP contribution < -0.4 is 4.74 Å². The zero-order valence-electron chi connectivity index (χ0n) is 17.5. The molecule has 0 aliphatic heterocycles. The van der Waals surface area contributed by atoms with Crippen LogP contribution in [0.2, 0.25) is 10.0 Å². The van der Waals surface area contributed by atoms with E-state index < -0.39 is 33.4 Å². The Labute approximate surface area is 195 Å². The molecule has 1 atom stereocenters. The maximum atomic E-state index is 13.1. The number of likely N-dealkylation sites (N-methyl/N-ethyl adjacent to an activating group) is 1. The minimum atomic E-state index is -4.63. The molecule has 2 aromatic rings. The maximum absolute atomic E-state index is 13.1. The molecule has 0 aliphatic rings. The van der Waals surface area contributed by atoms with Crippen molar-refractivity contribution < 1.29 is 31.1 Å². The number of alkyl halides is 3. The van der Waals surface area contributed by atoms with Crippen molar-refractivity contribution in [3.05, 3.63) is 63.1 Å². The third-order valence-corrected chi connectivity index (χ3v) is 6.57. The van der Waals surface area contributed by atoms with E-state index in [1.807, 2.05) is 0 Å². The molecule has 0 saturated carbocycles. The third kappa shape index (κ3) is 7.02. The maximum Gasteiger partial charge on any atom is 0.416 e. The van der Waals surface area contributed by atoms with Crippen LogP contribution in [-0.4, -0.2) is 51.9 Å². The molecule has 0 aliphatic carbocycles. The zero-order valence-corrected chi connectivity index (χ0v) is 19.9. The van der Waals surface area contributed by atoms with Gasteiger partial charge in [-0.2, -0.15) is 13.2 Å². The average Bonchev–Trinajstić information content (AvgIpc) is 2.70. The highest BCUT2D eigenvalue weighted by Crippen LogP contribution is 2.34. The number of amides is 1. The van der Waals surface area contributed by atoms with Crippen LogP contribution in [0.15, 0.2) is 36.4 Å². The van der Waals surface area contributed by atoms with E-state index in [2.05, 4.69) is 0 Å². The van der Waals surface area contributed by atoms with Crippen LogP contribution in [0.25, 0.3) is 0 Å². The van der Waals surface area contributed by atoms with Crippen LogP contribution in [0.5, 0.6) is 5.75 Å². The summed E-state index contributed by atoms with van der Waals surface area (Å²) < 4.78 is 67.9. The van der Waals surface area contributed by atoms with Gasteiger partial charge in [0, 0.05) is 25.8 Å². The zero-order chi connectivity index (χ0) is 24.3. The molecule has 2 aromatic carbocycles. The number of hydrogen-bond acceptors (Lipinski definition) is 4. The highest BCUT2D eigenvalue weighted by atomic mass is 35.5. The number of halogens is 5. The molecule has 0 radical (unpaired) electrons. The molecule has 1 amide bonds. The predicted octanol–water partition coefficient (Wildman–Crippen LogP) is 5.31. The van der Waals surface area contributed by atoms with Crippen molar-refractivity contribution in [2.24, 2.45) is 0 Å². The van der Waals surface area contributed by atoms with Crippen LogP contribution in [-0.2, 0) is 16.0 Å². The quantitative estimate of drug-likeness (QED) is 0.481. The number of rotatable bonds is 8. The van der Waals surface area contributed by atoms with E-state index in [9.17, 15) is 26.4 Å². The lowest BCUT2D eigenvalue weighted by Crippen LogP contribution is -2.32. The highest BCUT2D eigenvalue weighted by Gasteiger charge is 2.32. The van der Waals surface area contributed by atoms with Gasteiger partial charge < -0.3 is 9.64 Å². The Hall–Kier alpha value is -1.97. The topological polar surface area (TPSA) is 63.7 Å². The van der Waals surface area contributed by atoms with E-state index >= 15 is 0 Å². The number of sulfone groups is 1. The van der Waals surface area contributed by atoms with Gasteiger partial charge in [0.2, 0.25) is 0 Å². The second kappa shape index (κ2) is 10.3. The summed E-state index contributed by atoms with van der Waals surface area (Å²) in [5.41, 5.74) is -0.576. The lowest BCUT2D eigenvalue weighted by atomic mass is 9.95. The summed E-state index contributed by atoms with van der Waals surface area (Å²) in [6.07, 6.45) is -3.35. The molecule has 5 nitrogen and oxygen atoms in total. The first-order valence-electron chi connectivity index (χ1n) is 9.36. The van der Waals surface area contributed by atoms with Crippen molar-refractivity contribution in [2.45, 2.75) is 18.5 Å². The number of ether oxygens (including phenoxy) is 1. The van der Waals surface area contributed by atoms with Gasteiger partial charge in [-0.25, -0.2) is 8.42 Å².